The van der Waals surface area contributed by atoms with E-state index in [1.165, 1.54) is 11.3 Å². The van der Waals surface area contributed by atoms with E-state index in [1.807, 2.05) is 17.5 Å². The summed E-state index contributed by atoms with van der Waals surface area (Å²) >= 11 is 2.96. The fraction of sp³-hybridized carbons (Fsp3) is 0.385. The smallest absolute Gasteiger partial charge is 0.265 e. The number of anilines is 2. The monoisotopic (exact) mass is 310 g/mol. The average molecular weight is 310 g/mol. The molecule has 2 heterocycles. The van der Waals surface area contributed by atoms with Crippen molar-refractivity contribution in [3.05, 3.63) is 27.3 Å². The summed E-state index contributed by atoms with van der Waals surface area (Å²) in [5.41, 5.74) is 5.85. The zero-order valence-electron chi connectivity index (χ0n) is 11.5. The van der Waals surface area contributed by atoms with E-state index in [0.29, 0.717) is 17.2 Å². The summed E-state index contributed by atoms with van der Waals surface area (Å²) < 4.78 is 0. The molecule has 1 amide bonds. The van der Waals surface area contributed by atoms with Crippen LogP contribution < -0.4 is 16.0 Å². The molecule has 0 radical (unpaired) electrons. The third-order valence-corrected chi connectivity index (χ3v) is 4.89. The van der Waals surface area contributed by atoms with Crippen molar-refractivity contribution in [2.45, 2.75) is 20.4 Å². The molecule has 0 fully saturated rings. The Morgan fingerprint density at radius 2 is 2.20 bits per heavy atom. The topological polar surface area (TPSA) is 71.2 Å². The van der Waals surface area contributed by atoms with Gasteiger partial charge in [0.05, 0.1) is 6.54 Å². The second-order valence-corrected chi connectivity index (χ2v) is 6.15. The van der Waals surface area contributed by atoms with Crippen LogP contribution in [0.25, 0.3) is 0 Å². The number of thiophene rings is 1. The highest BCUT2D eigenvalue weighted by molar-refractivity contribution is 7.18. The fourth-order valence-corrected chi connectivity index (χ4v) is 3.45. The van der Waals surface area contributed by atoms with Crippen molar-refractivity contribution in [2.24, 2.45) is 0 Å². The Labute approximate surface area is 126 Å². The standard InChI is InChI=1S/C13H18N4OS2/c1-3-17(4-2)13-16-11(14)10(20-13)12(18)15-8-9-6-5-7-19-9/h5-7H,3-4,8,14H2,1-2H3,(H,15,18). The Bertz CT molecular complexity index is 561. The summed E-state index contributed by atoms with van der Waals surface area (Å²) in [6.45, 7) is 6.32. The van der Waals surface area contributed by atoms with Gasteiger partial charge in [-0.15, -0.1) is 11.3 Å². The minimum atomic E-state index is -0.160. The van der Waals surface area contributed by atoms with Crippen LogP contribution in [0.5, 0.6) is 0 Å². The molecule has 0 saturated carbocycles. The van der Waals surface area contributed by atoms with E-state index in [2.05, 4.69) is 29.0 Å². The molecule has 108 valence electrons. The number of thiazole rings is 1. The van der Waals surface area contributed by atoms with Gasteiger partial charge in [0.1, 0.15) is 10.7 Å². The van der Waals surface area contributed by atoms with Crippen LogP contribution in [0.2, 0.25) is 0 Å². The van der Waals surface area contributed by atoms with Crippen LogP contribution >= 0.6 is 22.7 Å². The molecule has 0 aliphatic rings. The quantitative estimate of drug-likeness (QED) is 0.860. The van der Waals surface area contributed by atoms with Gasteiger partial charge in [0, 0.05) is 18.0 Å². The van der Waals surface area contributed by atoms with Gasteiger partial charge in [-0.05, 0) is 25.3 Å². The highest BCUT2D eigenvalue weighted by Gasteiger charge is 2.18. The molecule has 0 atom stereocenters. The largest absolute Gasteiger partial charge is 0.382 e. The zero-order valence-corrected chi connectivity index (χ0v) is 13.2. The Morgan fingerprint density at radius 1 is 1.45 bits per heavy atom. The molecular formula is C13H18N4OS2. The Morgan fingerprint density at radius 3 is 2.80 bits per heavy atom. The second kappa shape index (κ2) is 6.71. The average Bonchev–Trinajstić information content (AvgIpc) is 3.07. The Hall–Kier alpha value is -1.60. The number of nitrogens with zero attached hydrogens (tertiary/aromatic N) is 2. The zero-order chi connectivity index (χ0) is 14.5. The van der Waals surface area contributed by atoms with E-state index in [4.69, 9.17) is 5.73 Å². The normalized spacial score (nSPS) is 10.5. The van der Waals surface area contributed by atoms with Gasteiger partial charge in [-0.3, -0.25) is 4.79 Å². The van der Waals surface area contributed by atoms with Crippen molar-refractivity contribution >= 4 is 39.5 Å². The van der Waals surface area contributed by atoms with Gasteiger partial charge in [-0.25, -0.2) is 4.98 Å². The molecule has 0 unspecified atom stereocenters. The van der Waals surface area contributed by atoms with E-state index in [9.17, 15) is 4.79 Å². The van der Waals surface area contributed by atoms with Gasteiger partial charge in [0.25, 0.3) is 5.91 Å². The highest BCUT2D eigenvalue weighted by Crippen LogP contribution is 2.28. The molecule has 2 rings (SSSR count). The number of hydrogen-bond donors (Lipinski definition) is 2. The van der Waals surface area contributed by atoms with E-state index in [-0.39, 0.29) is 5.91 Å². The van der Waals surface area contributed by atoms with Crippen LogP contribution in [-0.2, 0) is 6.54 Å². The highest BCUT2D eigenvalue weighted by atomic mass is 32.1. The van der Waals surface area contributed by atoms with Crippen LogP contribution in [0.15, 0.2) is 17.5 Å². The maximum atomic E-state index is 12.1. The number of hydrogen-bond acceptors (Lipinski definition) is 6. The van der Waals surface area contributed by atoms with E-state index in [1.54, 1.807) is 11.3 Å². The first kappa shape index (κ1) is 14.8. The van der Waals surface area contributed by atoms with Gasteiger partial charge in [-0.1, -0.05) is 17.4 Å². The first-order valence-electron chi connectivity index (χ1n) is 6.47. The minimum absolute atomic E-state index is 0.160. The molecule has 7 heteroatoms. The maximum absolute atomic E-state index is 12.1. The molecule has 0 bridgehead atoms. The lowest BCUT2D eigenvalue weighted by Gasteiger charge is -2.16. The first-order chi connectivity index (χ1) is 9.65. The van der Waals surface area contributed by atoms with Crippen molar-refractivity contribution in [3.8, 4) is 0 Å². The summed E-state index contributed by atoms with van der Waals surface area (Å²) in [5.74, 6) is 0.146. The van der Waals surface area contributed by atoms with Crippen LogP contribution in [0, 0.1) is 0 Å². The van der Waals surface area contributed by atoms with Crippen molar-refractivity contribution < 1.29 is 4.79 Å². The van der Waals surface area contributed by atoms with Crippen LogP contribution in [0.1, 0.15) is 28.4 Å². The number of carbonyl (C=O) groups is 1. The Kier molecular flexibility index (Phi) is 4.97. The lowest BCUT2D eigenvalue weighted by molar-refractivity contribution is 0.0956. The van der Waals surface area contributed by atoms with Gasteiger partial charge in [0.15, 0.2) is 5.13 Å². The predicted octanol–water partition coefficient (Wildman–Crippen LogP) is 2.56. The molecule has 3 N–H and O–H groups in total. The third-order valence-electron chi connectivity index (χ3n) is 2.89. The molecule has 2 aromatic rings. The molecule has 2 aromatic heterocycles. The van der Waals surface area contributed by atoms with Crippen molar-refractivity contribution in [3.63, 3.8) is 0 Å². The van der Waals surface area contributed by atoms with E-state index < -0.39 is 0 Å². The molecule has 0 saturated heterocycles. The SMILES string of the molecule is CCN(CC)c1nc(N)c(C(=O)NCc2cccs2)s1. The minimum Gasteiger partial charge on any atom is -0.382 e. The van der Waals surface area contributed by atoms with E-state index in [0.717, 1.165) is 23.1 Å². The third kappa shape index (κ3) is 3.29. The molecular weight excluding hydrogens is 292 g/mol. The maximum Gasteiger partial charge on any atom is 0.265 e. The van der Waals surface area contributed by atoms with Crippen molar-refractivity contribution in [1.29, 1.82) is 0 Å². The predicted molar refractivity (Wildman–Crippen MR) is 85.6 cm³/mol. The number of nitrogens with one attached hydrogen (secondary N) is 1. The summed E-state index contributed by atoms with van der Waals surface area (Å²) in [4.78, 5) is 20.1. The molecule has 0 spiro atoms. The summed E-state index contributed by atoms with van der Waals surface area (Å²) in [6, 6.07) is 3.95. The van der Waals surface area contributed by atoms with Crippen molar-refractivity contribution in [1.82, 2.24) is 10.3 Å². The first-order valence-corrected chi connectivity index (χ1v) is 8.17. The second-order valence-electron chi connectivity index (χ2n) is 4.15. The van der Waals surface area contributed by atoms with E-state index >= 15 is 0 Å². The lowest BCUT2D eigenvalue weighted by Crippen LogP contribution is -2.22. The molecule has 20 heavy (non-hydrogen) atoms. The number of carbonyl (C=O) groups excluding carboxylic acids is 1. The number of nitrogen functional groups attached to an aromatic ring is 1. The van der Waals surface area contributed by atoms with Crippen LogP contribution in [-0.4, -0.2) is 24.0 Å². The molecule has 5 nitrogen and oxygen atoms in total. The Balaban J connectivity index is 2.06. The van der Waals surface area contributed by atoms with Gasteiger partial charge in [0.2, 0.25) is 0 Å². The number of aromatic nitrogens is 1. The number of amides is 1. The van der Waals surface area contributed by atoms with Gasteiger partial charge >= 0.3 is 0 Å². The summed E-state index contributed by atoms with van der Waals surface area (Å²) in [6.07, 6.45) is 0. The number of nitrogens with two attached hydrogens (primary N) is 1. The molecule has 0 aliphatic carbocycles. The fourth-order valence-electron chi connectivity index (χ4n) is 1.77. The summed E-state index contributed by atoms with van der Waals surface area (Å²) in [7, 11) is 0. The lowest BCUT2D eigenvalue weighted by atomic mass is 10.4. The van der Waals surface area contributed by atoms with Crippen LogP contribution in [0.3, 0.4) is 0 Å². The molecule has 0 aliphatic heterocycles. The van der Waals surface area contributed by atoms with Gasteiger partial charge in [-0.2, -0.15) is 0 Å². The summed E-state index contributed by atoms with van der Waals surface area (Å²) in [5, 5.41) is 5.66. The van der Waals surface area contributed by atoms with Gasteiger partial charge < -0.3 is 16.0 Å². The number of rotatable bonds is 6. The van der Waals surface area contributed by atoms with Crippen LogP contribution in [0.4, 0.5) is 10.9 Å². The molecule has 0 aromatic carbocycles. The van der Waals surface area contributed by atoms with Crippen molar-refractivity contribution in [2.75, 3.05) is 23.7 Å².